The lowest BCUT2D eigenvalue weighted by atomic mass is 10.1. The Morgan fingerprint density at radius 3 is 2.70 bits per heavy atom. The maximum Gasteiger partial charge on any atom is 0.202 e. The summed E-state index contributed by atoms with van der Waals surface area (Å²) in [4.78, 5) is 10.6. The molecule has 1 aliphatic heterocycles. The highest BCUT2D eigenvalue weighted by molar-refractivity contribution is 5.61. The standard InChI is InChI=1S/C14H19NO5/c15-13(8-17)9-1-3-11(4-2-9)19-14-6-10(18)5-12(7-16)20-14/h1-4,8,10,12-14,16,18H,5-7,15H2/t10-,12?,13?,14+/m0/s1. The maximum absolute atomic E-state index is 10.6. The topological polar surface area (TPSA) is 102 Å². The van der Waals surface area contributed by atoms with Gasteiger partial charge < -0.3 is 30.2 Å². The molecule has 110 valence electrons. The number of benzene rings is 1. The van der Waals surface area contributed by atoms with Gasteiger partial charge in [-0.15, -0.1) is 0 Å². The molecule has 0 amide bonds. The lowest BCUT2D eigenvalue weighted by Gasteiger charge is -2.32. The summed E-state index contributed by atoms with van der Waals surface area (Å²) in [6, 6.07) is 6.15. The van der Waals surface area contributed by atoms with E-state index in [9.17, 15) is 9.90 Å². The minimum absolute atomic E-state index is 0.149. The predicted octanol–water partition coefficient (Wildman–Crippen LogP) is 0.122. The summed E-state index contributed by atoms with van der Waals surface area (Å²) in [6.07, 6.45) is -0.126. The Hall–Kier alpha value is -1.47. The van der Waals surface area contributed by atoms with Crippen LogP contribution in [0, 0.1) is 0 Å². The van der Waals surface area contributed by atoms with Crippen LogP contribution in [0.1, 0.15) is 24.4 Å². The molecule has 1 fully saturated rings. The van der Waals surface area contributed by atoms with Gasteiger partial charge in [-0.3, -0.25) is 0 Å². The van der Waals surface area contributed by atoms with Gasteiger partial charge in [-0.2, -0.15) is 0 Å². The number of nitrogens with two attached hydrogens (primary N) is 1. The Labute approximate surface area is 117 Å². The monoisotopic (exact) mass is 281 g/mol. The molecule has 0 radical (unpaired) electrons. The molecule has 0 spiro atoms. The molecule has 1 heterocycles. The zero-order valence-electron chi connectivity index (χ0n) is 11.0. The second-order valence-electron chi connectivity index (χ2n) is 4.84. The third-order valence-electron chi connectivity index (χ3n) is 3.23. The highest BCUT2D eigenvalue weighted by Crippen LogP contribution is 2.23. The van der Waals surface area contributed by atoms with Crippen LogP contribution in [0.25, 0.3) is 0 Å². The lowest BCUT2D eigenvalue weighted by Crippen LogP contribution is -2.40. The second-order valence-corrected chi connectivity index (χ2v) is 4.84. The van der Waals surface area contributed by atoms with E-state index in [-0.39, 0.29) is 6.61 Å². The highest BCUT2D eigenvalue weighted by Gasteiger charge is 2.29. The molecule has 2 unspecified atom stereocenters. The lowest BCUT2D eigenvalue weighted by molar-refractivity contribution is -0.184. The fraction of sp³-hybridized carbons (Fsp3) is 0.500. The number of carbonyl (C=O) groups is 1. The first-order chi connectivity index (χ1) is 9.62. The van der Waals surface area contributed by atoms with Crippen LogP contribution in [0.3, 0.4) is 0 Å². The van der Waals surface area contributed by atoms with E-state index in [1.54, 1.807) is 24.3 Å². The van der Waals surface area contributed by atoms with Gasteiger partial charge in [-0.25, -0.2) is 0 Å². The van der Waals surface area contributed by atoms with Crippen molar-refractivity contribution in [2.24, 2.45) is 5.73 Å². The third kappa shape index (κ3) is 3.77. The molecule has 0 aromatic heterocycles. The summed E-state index contributed by atoms with van der Waals surface area (Å²) >= 11 is 0. The van der Waals surface area contributed by atoms with Gasteiger partial charge in [0, 0.05) is 12.8 Å². The van der Waals surface area contributed by atoms with Gasteiger partial charge in [-0.05, 0) is 17.7 Å². The van der Waals surface area contributed by atoms with Crippen LogP contribution in [0.4, 0.5) is 0 Å². The van der Waals surface area contributed by atoms with Crippen molar-refractivity contribution in [3.8, 4) is 5.75 Å². The minimum atomic E-state index is -0.643. The van der Waals surface area contributed by atoms with Gasteiger partial charge in [0.1, 0.15) is 12.0 Å². The fourth-order valence-corrected chi connectivity index (χ4v) is 2.14. The average molecular weight is 281 g/mol. The summed E-state index contributed by atoms with van der Waals surface area (Å²) in [7, 11) is 0. The summed E-state index contributed by atoms with van der Waals surface area (Å²) in [5.74, 6) is 0.558. The number of aliphatic hydroxyl groups is 2. The average Bonchev–Trinajstić information content (AvgIpc) is 2.46. The highest BCUT2D eigenvalue weighted by atomic mass is 16.7. The van der Waals surface area contributed by atoms with Gasteiger partial charge in [0.25, 0.3) is 0 Å². The van der Waals surface area contributed by atoms with Crippen LogP contribution in [0.2, 0.25) is 0 Å². The van der Waals surface area contributed by atoms with E-state index in [1.807, 2.05) is 0 Å². The summed E-state index contributed by atoms with van der Waals surface area (Å²) < 4.78 is 11.1. The van der Waals surface area contributed by atoms with Crippen LogP contribution < -0.4 is 10.5 Å². The number of rotatable bonds is 5. The normalized spacial score (nSPS) is 27.9. The zero-order valence-corrected chi connectivity index (χ0v) is 11.0. The van der Waals surface area contributed by atoms with Crippen molar-refractivity contribution in [2.45, 2.75) is 37.4 Å². The van der Waals surface area contributed by atoms with Crippen LogP contribution in [-0.2, 0) is 9.53 Å². The molecular formula is C14H19NO5. The minimum Gasteiger partial charge on any atom is -0.465 e. The van der Waals surface area contributed by atoms with E-state index in [1.165, 1.54) is 0 Å². The predicted molar refractivity (Wildman–Crippen MR) is 71.1 cm³/mol. The van der Waals surface area contributed by atoms with Crippen molar-refractivity contribution in [3.63, 3.8) is 0 Å². The molecule has 1 aliphatic rings. The molecule has 4 N–H and O–H groups in total. The Bertz CT molecular complexity index is 436. The van der Waals surface area contributed by atoms with Gasteiger partial charge in [-0.1, -0.05) is 12.1 Å². The molecule has 0 aliphatic carbocycles. The molecule has 6 nitrogen and oxygen atoms in total. The number of aldehydes is 1. The number of carbonyl (C=O) groups excluding carboxylic acids is 1. The van der Waals surface area contributed by atoms with Gasteiger partial charge in [0.15, 0.2) is 0 Å². The first kappa shape index (κ1) is 14.9. The molecule has 1 aromatic rings. The smallest absolute Gasteiger partial charge is 0.202 e. The first-order valence-corrected chi connectivity index (χ1v) is 6.54. The Morgan fingerprint density at radius 2 is 2.10 bits per heavy atom. The van der Waals surface area contributed by atoms with Crippen molar-refractivity contribution in [2.75, 3.05) is 6.61 Å². The van der Waals surface area contributed by atoms with Crippen LogP contribution >= 0.6 is 0 Å². The summed E-state index contributed by atoms with van der Waals surface area (Å²) in [6.45, 7) is -0.149. The molecular weight excluding hydrogens is 262 g/mol. The number of hydrogen-bond donors (Lipinski definition) is 3. The molecule has 2 rings (SSSR count). The van der Waals surface area contributed by atoms with Crippen LogP contribution in [-0.4, -0.2) is 41.6 Å². The Balaban J connectivity index is 1.97. The largest absolute Gasteiger partial charge is 0.465 e. The van der Waals surface area contributed by atoms with Gasteiger partial charge in [0.2, 0.25) is 6.29 Å². The Morgan fingerprint density at radius 1 is 1.40 bits per heavy atom. The number of aliphatic hydroxyl groups excluding tert-OH is 2. The van der Waals surface area contributed by atoms with Crippen molar-refractivity contribution >= 4 is 6.29 Å². The fourth-order valence-electron chi connectivity index (χ4n) is 2.14. The molecule has 0 saturated carbocycles. The third-order valence-corrected chi connectivity index (χ3v) is 3.23. The number of ether oxygens (including phenoxy) is 2. The van der Waals surface area contributed by atoms with Gasteiger partial charge in [0.05, 0.1) is 24.9 Å². The number of hydrogen-bond acceptors (Lipinski definition) is 6. The molecule has 20 heavy (non-hydrogen) atoms. The van der Waals surface area contributed by atoms with Crippen molar-refractivity contribution in [1.82, 2.24) is 0 Å². The second kappa shape index (κ2) is 6.81. The van der Waals surface area contributed by atoms with E-state index < -0.39 is 24.5 Å². The summed E-state index contributed by atoms with van der Waals surface area (Å²) in [5, 5.41) is 18.8. The zero-order chi connectivity index (χ0) is 14.5. The molecule has 4 atom stereocenters. The van der Waals surface area contributed by atoms with Crippen LogP contribution in [0.5, 0.6) is 5.75 Å². The molecule has 0 bridgehead atoms. The van der Waals surface area contributed by atoms with Crippen molar-refractivity contribution < 1.29 is 24.5 Å². The molecule has 6 heteroatoms. The quantitative estimate of drug-likeness (QED) is 0.663. The van der Waals surface area contributed by atoms with E-state index in [0.29, 0.717) is 30.4 Å². The van der Waals surface area contributed by atoms with E-state index in [2.05, 4.69) is 0 Å². The SMILES string of the molecule is NC(C=O)c1ccc(O[C@H]2C[C@@H](O)CC(CO)O2)cc1. The van der Waals surface area contributed by atoms with E-state index in [4.69, 9.17) is 20.3 Å². The molecule has 1 aromatic carbocycles. The van der Waals surface area contributed by atoms with Gasteiger partial charge >= 0.3 is 0 Å². The van der Waals surface area contributed by atoms with Crippen LogP contribution in [0.15, 0.2) is 24.3 Å². The molecule has 1 saturated heterocycles. The summed E-state index contributed by atoms with van der Waals surface area (Å²) in [5.41, 5.74) is 6.29. The van der Waals surface area contributed by atoms with E-state index in [0.717, 1.165) is 0 Å². The van der Waals surface area contributed by atoms with Crippen molar-refractivity contribution in [1.29, 1.82) is 0 Å². The Kier molecular flexibility index (Phi) is 5.08. The maximum atomic E-state index is 10.6. The first-order valence-electron chi connectivity index (χ1n) is 6.54. The van der Waals surface area contributed by atoms with E-state index >= 15 is 0 Å². The van der Waals surface area contributed by atoms with Crippen molar-refractivity contribution in [3.05, 3.63) is 29.8 Å².